The summed E-state index contributed by atoms with van der Waals surface area (Å²) in [6, 6.07) is 0. The fraction of sp³-hybridized carbons (Fsp3) is 0.947. The number of hydrogen-bond acceptors (Lipinski definition) is 3. The number of hydrogen-bond donors (Lipinski definition) is 1. The van der Waals surface area contributed by atoms with Crippen LogP contribution in [0.5, 0.6) is 0 Å². The lowest BCUT2D eigenvalue weighted by Gasteiger charge is -2.39. The summed E-state index contributed by atoms with van der Waals surface area (Å²) >= 11 is 0. The number of fused-ring (bicyclic) bond motifs is 2. The van der Waals surface area contributed by atoms with Crippen molar-refractivity contribution in [2.24, 2.45) is 23.2 Å². The van der Waals surface area contributed by atoms with Crippen LogP contribution >= 0.6 is 0 Å². The van der Waals surface area contributed by atoms with Crippen molar-refractivity contribution in [2.45, 2.75) is 89.8 Å². The first-order chi connectivity index (χ1) is 12.7. The Balaban J connectivity index is 2.34. The number of halogens is 6. The lowest BCUT2D eigenvalue weighted by Crippen LogP contribution is -2.59. The van der Waals surface area contributed by atoms with Crippen LogP contribution in [0, 0.1) is 23.2 Å². The highest BCUT2D eigenvalue weighted by atomic mass is 19.4. The van der Waals surface area contributed by atoms with E-state index in [9.17, 15) is 36.2 Å². The molecule has 9 heteroatoms. The maximum absolute atomic E-state index is 13.2. The number of esters is 1. The zero-order chi connectivity index (χ0) is 21.5. The van der Waals surface area contributed by atoms with Gasteiger partial charge in [-0.3, -0.25) is 4.79 Å². The third-order valence-corrected chi connectivity index (χ3v) is 7.02. The summed E-state index contributed by atoms with van der Waals surface area (Å²) in [6.07, 6.45) is -11.8. The topological polar surface area (TPSA) is 46.5 Å². The number of alkyl halides is 6. The van der Waals surface area contributed by atoms with Crippen molar-refractivity contribution in [3.05, 3.63) is 0 Å². The maximum Gasteiger partial charge on any atom is 0.426 e. The number of carbonyl (C=O) groups excluding carboxylic acids is 1. The Labute approximate surface area is 160 Å². The summed E-state index contributed by atoms with van der Waals surface area (Å²) in [7, 11) is 0. The second-order valence-corrected chi connectivity index (χ2v) is 8.61. The Kier molecular flexibility index (Phi) is 6.39. The van der Waals surface area contributed by atoms with Crippen molar-refractivity contribution >= 4 is 5.97 Å². The molecule has 0 saturated heterocycles. The second-order valence-electron chi connectivity index (χ2n) is 8.61. The van der Waals surface area contributed by atoms with Crippen LogP contribution < -0.4 is 0 Å². The molecule has 3 nitrogen and oxygen atoms in total. The van der Waals surface area contributed by atoms with E-state index >= 15 is 0 Å². The van der Waals surface area contributed by atoms with Crippen LogP contribution in [0.2, 0.25) is 0 Å². The van der Waals surface area contributed by atoms with Gasteiger partial charge < -0.3 is 9.84 Å². The lowest BCUT2D eigenvalue weighted by atomic mass is 9.79. The Morgan fingerprint density at radius 3 is 1.93 bits per heavy atom. The number of carbonyl (C=O) groups is 1. The first-order valence-corrected chi connectivity index (χ1v) is 9.75. The van der Waals surface area contributed by atoms with Gasteiger partial charge in [0, 0.05) is 6.42 Å². The molecule has 0 aromatic carbocycles. The summed E-state index contributed by atoms with van der Waals surface area (Å²) in [4.78, 5) is 12.6. The van der Waals surface area contributed by atoms with Crippen LogP contribution in [0.4, 0.5) is 26.3 Å². The van der Waals surface area contributed by atoms with Crippen molar-refractivity contribution in [1.82, 2.24) is 0 Å². The predicted molar refractivity (Wildman–Crippen MR) is 89.2 cm³/mol. The van der Waals surface area contributed by atoms with Crippen LogP contribution in [0.1, 0.15) is 65.7 Å². The van der Waals surface area contributed by atoms with Gasteiger partial charge in [0.15, 0.2) is 0 Å². The molecule has 0 radical (unpaired) electrons. The van der Waals surface area contributed by atoms with Gasteiger partial charge in [-0.1, -0.05) is 20.3 Å². The van der Waals surface area contributed by atoms with E-state index in [1.54, 1.807) is 20.8 Å². The fourth-order valence-electron chi connectivity index (χ4n) is 4.53. The first kappa shape index (κ1) is 23.3. The molecule has 2 aliphatic rings. The van der Waals surface area contributed by atoms with Crippen molar-refractivity contribution in [3.63, 3.8) is 0 Å². The lowest BCUT2D eigenvalue weighted by molar-refractivity contribution is -0.375. The molecule has 3 unspecified atom stereocenters. The Bertz CT molecular complexity index is 553. The molecule has 0 aromatic rings. The molecule has 2 rings (SSSR count). The summed E-state index contributed by atoms with van der Waals surface area (Å²) in [6.45, 7) is 4.99. The third-order valence-electron chi connectivity index (χ3n) is 7.02. The van der Waals surface area contributed by atoms with Gasteiger partial charge in [-0.05, 0) is 56.8 Å². The van der Waals surface area contributed by atoms with Gasteiger partial charge >= 0.3 is 18.3 Å². The van der Waals surface area contributed by atoms with E-state index in [-0.39, 0.29) is 11.8 Å². The fourth-order valence-corrected chi connectivity index (χ4v) is 4.53. The normalized spacial score (nSPS) is 27.1. The van der Waals surface area contributed by atoms with Crippen LogP contribution in [0.15, 0.2) is 0 Å². The second kappa shape index (κ2) is 7.69. The molecule has 0 amide bonds. The standard InChI is InChI=1S/C19H28F6O3/c1-4-16(3,5-2)15(26)28-14(13-9-11-6-7-12(13)8-11)10-17(27,18(20,21)22)19(23,24)25/h11-14,27H,4-10H2,1-3H3/t11-,12?,13?,14?/m1/s1. The van der Waals surface area contributed by atoms with Gasteiger partial charge in [0.1, 0.15) is 6.10 Å². The van der Waals surface area contributed by atoms with Gasteiger partial charge in [0.25, 0.3) is 5.60 Å². The van der Waals surface area contributed by atoms with E-state index in [1.165, 1.54) is 0 Å². The van der Waals surface area contributed by atoms with Gasteiger partial charge in [0.05, 0.1) is 5.41 Å². The predicted octanol–water partition coefficient (Wildman–Crippen LogP) is 5.41. The van der Waals surface area contributed by atoms with Crippen molar-refractivity contribution in [3.8, 4) is 0 Å². The maximum atomic E-state index is 13.2. The van der Waals surface area contributed by atoms with Gasteiger partial charge in [-0.2, -0.15) is 26.3 Å². The van der Waals surface area contributed by atoms with Crippen molar-refractivity contribution < 1.29 is 41.0 Å². The van der Waals surface area contributed by atoms with Crippen LogP contribution in [0.3, 0.4) is 0 Å². The monoisotopic (exact) mass is 418 g/mol. The summed E-state index contributed by atoms with van der Waals surface area (Å²) in [5, 5.41) is 9.67. The largest absolute Gasteiger partial charge is 0.462 e. The molecule has 2 bridgehead atoms. The Morgan fingerprint density at radius 1 is 1.04 bits per heavy atom. The molecule has 2 aliphatic carbocycles. The quantitative estimate of drug-likeness (QED) is 0.444. The van der Waals surface area contributed by atoms with Gasteiger partial charge in [-0.15, -0.1) is 0 Å². The molecular weight excluding hydrogens is 390 g/mol. The number of aliphatic hydroxyl groups is 1. The Hall–Kier alpha value is -0.990. The zero-order valence-electron chi connectivity index (χ0n) is 16.3. The molecule has 0 aliphatic heterocycles. The highest BCUT2D eigenvalue weighted by Gasteiger charge is 2.71. The SMILES string of the molecule is CCC(C)(CC)C(=O)OC(CC(O)(C(F)(F)F)C(F)(F)F)C1C[C@@H]2CCC1C2. The summed E-state index contributed by atoms with van der Waals surface area (Å²) in [5.41, 5.74) is -5.91. The average Bonchev–Trinajstić information content (AvgIpc) is 3.21. The molecule has 0 aromatic heterocycles. The smallest absolute Gasteiger partial charge is 0.426 e. The van der Waals surface area contributed by atoms with Crippen LogP contribution in [0.25, 0.3) is 0 Å². The van der Waals surface area contributed by atoms with Crippen molar-refractivity contribution in [1.29, 1.82) is 0 Å². The van der Waals surface area contributed by atoms with E-state index in [4.69, 9.17) is 4.74 Å². The van der Waals surface area contributed by atoms with E-state index in [1.807, 2.05) is 0 Å². The minimum Gasteiger partial charge on any atom is -0.462 e. The molecule has 4 atom stereocenters. The first-order valence-electron chi connectivity index (χ1n) is 9.75. The minimum absolute atomic E-state index is 0.0805. The zero-order valence-corrected chi connectivity index (χ0v) is 16.3. The Morgan fingerprint density at radius 2 is 1.57 bits per heavy atom. The number of ether oxygens (including phenoxy) is 1. The van der Waals surface area contributed by atoms with Crippen molar-refractivity contribution in [2.75, 3.05) is 0 Å². The molecule has 0 heterocycles. The number of rotatable bonds is 7. The highest BCUT2D eigenvalue weighted by molar-refractivity contribution is 5.76. The molecular formula is C19H28F6O3. The van der Waals surface area contributed by atoms with E-state index in [2.05, 4.69) is 0 Å². The van der Waals surface area contributed by atoms with Gasteiger partial charge in [0.2, 0.25) is 0 Å². The molecule has 28 heavy (non-hydrogen) atoms. The summed E-state index contributed by atoms with van der Waals surface area (Å²) in [5.74, 6) is -1.26. The third kappa shape index (κ3) is 4.14. The average molecular weight is 418 g/mol. The van der Waals surface area contributed by atoms with E-state index < -0.39 is 47.8 Å². The highest BCUT2D eigenvalue weighted by Crippen LogP contribution is 2.54. The van der Waals surface area contributed by atoms with E-state index in [0.717, 1.165) is 6.42 Å². The molecule has 164 valence electrons. The molecule has 1 N–H and O–H groups in total. The van der Waals surface area contributed by atoms with Crippen LogP contribution in [-0.4, -0.2) is 35.1 Å². The van der Waals surface area contributed by atoms with Crippen LogP contribution in [-0.2, 0) is 9.53 Å². The molecule has 0 spiro atoms. The van der Waals surface area contributed by atoms with E-state index in [0.29, 0.717) is 32.1 Å². The molecule has 2 saturated carbocycles. The molecule has 2 fully saturated rings. The van der Waals surface area contributed by atoms with Gasteiger partial charge in [-0.25, -0.2) is 0 Å². The minimum atomic E-state index is -5.92. The summed E-state index contributed by atoms with van der Waals surface area (Å²) < 4.78 is 84.7.